The molecule has 34 heavy (non-hydrogen) atoms. The zero-order valence-electron chi connectivity index (χ0n) is 18.2. The molecule has 0 saturated heterocycles. The summed E-state index contributed by atoms with van der Waals surface area (Å²) in [6.45, 7) is 1.74. The predicted molar refractivity (Wildman–Crippen MR) is 135 cm³/mol. The molecule has 4 rings (SSSR count). The van der Waals surface area contributed by atoms with Crippen molar-refractivity contribution in [2.24, 2.45) is 16.9 Å². The molecule has 2 aromatic carbocycles. The number of carboxylic acids is 1. The molecule has 7 nitrogen and oxygen atoms in total. The molecule has 2 amide bonds. The maximum absolute atomic E-state index is 12.7. The van der Waals surface area contributed by atoms with Crippen LogP contribution >= 0.6 is 22.9 Å². The first-order chi connectivity index (χ1) is 16.3. The summed E-state index contributed by atoms with van der Waals surface area (Å²) in [5.74, 6) is -3.09. The summed E-state index contributed by atoms with van der Waals surface area (Å²) in [4.78, 5) is 37.3. The van der Waals surface area contributed by atoms with E-state index in [9.17, 15) is 19.5 Å². The van der Waals surface area contributed by atoms with E-state index >= 15 is 0 Å². The maximum atomic E-state index is 12.7. The van der Waals surface area contributed by atoms with Crippen LogP contribution in [-0.4, -0.2) is 28.6 Å². The molecule has 0 radical (unpaired) electrons. The highest BCUT2D eigenvalue weighted by atomic mass is 35.5. The van der Waals surface area contributed by atoms with Crippen LogP contribution in [0.15, 0.2) is 65.8 Å². The topological polar surface area (TPSA) is 108 Å². The Morgan fingerprint density at radius 3 is 2.53 bits per heavy atom. The van der Waals surface area contributed by atoms with Gasteiger partial charge < -0.3 is 10.4 Å². The highest BCUT2D eigenvalue weighted by molar-refractivity contribution is 7.21. The van der Waals surface area contributed by atoms with E-state index in [0.29, 0.717) is 39.7 Å². The van der Waals surface area contributed by atoms with E-state index in [0.717, 1.165) is 10.1 Å². The van der Waals surface area contributed by atoms with Crippen molar-refractivity contribution < 1.29 is 19.5 Å². The quantitative estimate of drug-likeness (QED) is 0.244. The normalized spacial score (nSPS) is 18.0. The second-order valence-electron chi connectivity index (χ2n) is 7.94. The predicted octanol–water partition coefficient (Wildman–Crippen LogP) is 5.31. The van der Waals surface area contributed by atoms with Crippen molar-refractivity contribution in [3.63, 3.8) is 0 Å². The molecule has 1 aliphatic carbocycles. The first-order valence-corrected chi connectivity index (χ1v) is 11.9. The number of amides is 2. The van der Waals surface area contributed by atoms with Crippen LogP contribution < -0.4 is 10.7 Å². The third-order valence-corrected chi connectivity index (χ3v) is 7.37. The molecular weight excluding hydrogens is 474 g/mol. The summed E-state index contributed by atoms with van der Waals surface area (Å²) >= 11 is 7.66. The van der Waals surface area contributed by atoms with E-state index < -0.39 is 23.7 Å². The van der Waals surface area contributed by atoms with Crippen molar-refractivity contribution in [2.75, 3.05) is 5.32 Å². The van der Waals surface area contributed by atoms with Crippen molar-refractivity contribution in [3.8, 4) is 0 Å². The number of carbonyl (C=O) groups excluding carboxylic acids is 2. The van der Waals surface area contributed by atoms with Gasteiger partial charge in [0.25, 0.3) is 5.91 Å². The Bertz CT molecular complexity index is 1330. The number of hydrogen-bond donors (Lipinski definition) is 3. The molecule has 1 aliphatic rings. The third kappa shape index (κ3) is 5.03. The van der Waals surface area contributed by atoms with Gasteiger partial charge in [0.05, 0.1) is 22.6 Å². The molecule has 9 heteroatoms. The fourth-order valence-corrected chi connectivity index (χ4v) is 5.25. The van der Waals surface area contributed by atoms with Crippen LogP contribution in [0.25, 0.3) is 10.1 Å². The van der Waals surface area contributed by atoms with Gasteiger partial charge in [0, 0.05) is 15.8 Å². The van der Waals surface area contributed by atoms with Gasteiger partial charge in [0.1, 0.15) is 4.88 Å². The fourth-order valence-electron chi connectivity index (χ4n) is 3.84. The number of allylic oxidation sites excluding steroid dienone is 2. The van der Waals surface area contributed by atoms with Crippen molar-refractivity contribution in [1.82, 2.24) is 5.43 Å². The van der Waals surface area contributed by atoms with E-state index in [2.05, 4.69) is 15.8 Å². The number of carbonyl (C=O) groups is 3. The number of fused-ring (bicyclic) bond motifs is 1. The standard InChI is InChI=1S/C25H22ClN3O4S/c1-14(28-29-24(31)22-21(26)19-11-4-5-12-20(19)34-22)15-7-6-8-16(13-15)27-23(30)17-9-2-3-10-18(17)25(32)33/h2-8,11-13,17-18H,9-10H2,1H3,(H,27,30)(H,29,31)(H,32,33). The maximum Gasteiger partial charge on any atom is 0.307 e. The lowest BCUT2D eigenvalue weighted by Gasteiger charge is -2.24. The number of nitrogens with one attached hydrogen (secondary N) is 2. The lowest BCUT2D eigenvalue weighted by Crippen LogP contribution is -2.34. The van der Waals surface area contributed by atoms with Crippen molar-refractivity contribution >= 4 is 62.2 Å². The Kier molecular flexibility index (Phi) is 7.09. The lowest BCUT2D eigenvalue weighted by atomic mass is 9.82. The highest BCUT2D eigenvalue weighted by Gasteiger charge is 2.34. The Hall–Kier alpha value is -3.49. The van der Waals surface area contributed by atoms with Crippen LogP contribution in [0.3, 0.4) is 0 Å². The minimum atomic E-state index is -0.976. The summed E-state index contributed by atoms with van der Waals surface area (Å²) in [5, 5.41) is 17.6. The van der Waals surface area contributed by atoms with Gasteiger partial charge in [-0.15, -0.1) is 11.3 Å². The Labute approximate surface area is 205 Å². The first-order valence-electron chi connectivity index (χ1n) is 10.7. The number of aliphatic carboxylic acids is 1. The molecule has 0 fully saturated rings. The molecule has 2 atom stereocenters. The summed E-state index contributed by atoms with van der Waals surface area (Å²) in [6.07, 6.45) is 4.35. The minimum absolute atomic E-state index is 0.336. The number of hydrazone groups is 1. The third-order valence-electron chi connectivity index (χ3n) is 5.70. The van der Waals surface area contributed by atoms with Gasteiger partial charge in [-0.05, 0) is 43.5 Å². The van der Waals surface area contributed by atoms with Crippen molar-refractivity contribution in [2.45, 2.75) is 19.8 Å². The number of benzene rings is 2. The smallest absolute Gasteiger partial charge is 0.307 e. The van der Waals surface area contributed by atoms with Crippen LogP contribution in [0.1, 0.15) is 35.0 Å². The van der Waals surface area contributed by atoms with Gasteiger partial charge in [-0.25, -0.2) is 5.43 Å². The van der Waals surface area contributed by atoms with E-state index in [1.165, 1.54) is 11.3 Å². The molecule has 1 heterocycles. The molecule has 174 valence electrons. The largest absolute Gasteiger partial charge is 0.481 e. The summed E-state index contributed by atoms with van der Waals surface area (Å²) < 4.78 is 0.917. The van der Waals surface area contributed by atoms with E-state index in [-0.39, 0.29) is 5.91 Å². The molecule has 0 aliphatic heterocycles. The van der Waals surface area contributed by atoms with Gasteiger partial charge in [-0.2, -0.15) is 5.10 Å². The average Bonchev–Trinajstić information content (AvgIpc) is 3.19. The van der Waals surface area contributed by atoms with Crippen LogP contribution in [0.5, 0.6) is 0 Å². The molecule has 0 saturated carbocycles. The Morgan fingerprint density at radius 2 is 1.79 bits per heavy atom. The number of halogens is 1. The van der Waals surface area contributed by atoms with Gasteiger partial charge in [0.2, 0.25) is 5.91 Å². The summed E-state index contributed by atoms with van der Waals surface area (Å²) in [5.41, 5.74) is 4.29. The molecule has 0 spiro atoms. The van der Waals surface area contributed by atoms with Crippen LogP contribution in [0, 0.1) is 11.8 Å². The van der Waals surface area contributed by atoms with Crippen LogP contribution in [0.2, 0.25) is 5.02 Å². The first kappa shape index (κ1) is 23.7. The molecular formula is C25H22ClN3O4S. The summed E-state index contributed by atoms with van der Waals surface area (Å²) in [7, 11) is 0. The number of hydrogen-bond acceptors (Lipinski definition) is 5. The van der Waals surface area contributed by atoms with Gasteiger partial charge in [-0.3, -0.25) is 14.4 Å². The van der Waals surface area contributed by atoms with Crippen molar-refractivity contribution in [3.05, 3.63) is 76.1 Å². The second-order valence-corrected chi connectivity index (χ2v) is 9.37. The monoisotopic (exact) mass is 495 g/mol. The lowest BCUT2D eigenvalue weighted by molar-refractivity contribution is -0.146. The summed E-state index contributed by atoms with van der Waals surface area (Å²) in [6, 6.07) is 14.5. The van der Waals surface area contributed by atoms with Crippen LogP contribution in [-0.2, 0) is 9.59 Å². The minimum Gasteiger partial charge on any atom is -0.481 e. The SMILES string of the molecule is CC(=NNC(=O)c1sc2ccccc2c1Cl)c1cccc(NC(=O)C2CC=CCC2C(=O)O)c1. The molecule has 3 aromatic rings. The number of nitrogens with zero attached hydrogens (tertiary/aromatic N) is 1. The molecule has 1 aromatic heterocycles. The number of thiophene rings is 1. The molecule has 2 unspecified atom stereocenters. The van der Waals surface area contributed by atoms with Gasteiger partial charge >= 0.3 is 5.97 Å². The zero-order chi connectivity index (χ0) is 24.2. The van der Waals surface area contributed by atoms with Crippen molar-refractivity contribution in [1.29, 1.82) is 0 Å². The van der Waals surface area contributed by atoms with Crippen LogP contribution in [0.4, 0.5) is 5.69 Å². The van der Waals surface area contributed by atoms with Gasteiger partial charge in [-0.1, -0.05) is 54.1 Å². The number of anilines is 1. The zero-order valence-corrected chi connectivity index (χ0v) is 19.8. The molecule has 0 bridgehead atoms. The number of carboxylic acid groups (broad SMARTS) is 1. The Balaban J connectivity index is 1.45. The van der Waals surface area contributed by atoms with E-state index in [1.807, 2.05) is 30.3 Å². The average molecular weight is 496 g/mol. The fraction of sp³-hybridized carbons (Fsp3) is 0.200. The highest BCUT2D eigenvalue weighted by Crippen LogP contribution is 2.35. The molecule has 3 N–H and O–H groups in total. The second kappa shape index (κ2) is 10.2. The van der Waals surface area contributed by atoms with Gasteiger partial charge in [0.15, 0.2) is 0 Å². The number of rotatable bonds is 6. The Morgan fingerprint density at radius 1 is 1.06 bits per heavy atom. The van der Waals surface area contributed by atoms with E-state index in [4.69, 9.17) is 11.6 Å². The van der Waals surface area contributed by atoms with E-state index in [1.54, 1.807) is 37.3 Å².